The van der Waals surface area contributed by atoms with Gasteiger partial charge in [0.15, 0.2) is 0 Å². The molecule has 0 aliphatic rings. The number of carbonyl (C=O) groups is 2. The first-order valence-electron chi connectivity index (χ1n) is 6.73. The Morgan fingerprint density at radius 3 is 2.32 bits per heavy atom. The van der Waals surface area contributed by atoms with Crippen LogP contribution in [0.1, 0.15) is 21.5 Å². The first-order chi connectivity index (χ1) is 10.6. The Kier molecular flexibility index (Phi) is 5.31. The molecule has 2 amide bonds. The van der Waals surface area contributed by atoms with Gasteiger partial charge in [-0.2, -0.15) is 0 Å². The smallest absolute Gasteiger partial charge is 0.335 e. The van der Waals surface area contributed by atoms with E-state index in [1.54, 1.807) is 24.4 Å². The quantitative estimate of drug-likeness (QED) is 0.794. The largest absolute Gasteiger partial charge is 0.478 e. The summed E-state index contributed by atoms with van der Waals surface area (Å²) >= 11 is 0. The van der Waals surface area contributed by atoms with Gasteiger partial charge in [0, 0.05) is 12.7 Å². The van der Waals surface area contributed by atoms with Crippen molar-refractivity contribution >= 4 is 18.1 Å². The number of aromatic carboxylic acids is 1. The summed E-state index contributed by atoms with van der Waals surface area (Å²) < 4.78 is 0. The molecule has 0 fully saturated rings. The van der Waals surface area contributed by atoms with Crippen molar-refractivity contribution in [2.45, 2.75) is 6.54 Å². The Labute approximate surface area is 128 Å². The van der Waals surface area contributed by atoms with E-state index in [4.69, 9.17) is 5.11 Å². The Bertz CT molecular complexity index is 664. The Balaban J connectivity index is 1.78. The molecule has 0 heterocycles. The fourth-order valence-corrected chi connectivity index (χ4v) is 1.78. The van der Waals surface area contributed by atoms with Crippen LogP contribution in [-0.2, 0) is 6.54 Å². The fraction of sp³-hybridized carbons (Fsp3) is 0.0588. The van der Waals surface area contributed by atoms with Gasteiger partial charge in [0.05, 0.1) is 5.56 Å². The standard InChI is InChI=1S/C17H16N2O3/c20-16(21)15-8-6-14(7-9-15)12-19-17(22)18-11-10-13-4-2-1-3-5-13/h1-11H,12H2,(H,20,21)(H2,18,19,22)/b11-10+. The second-order valence-electron chi connectivity index (χ2n) is 4.57. The number of urea groups is 1. The topological polar surface area (TPSA) is 78.4 Å². The summed E-state index contributed by atoms with van der Waals surface area (Å²) in [5, 5.41) is 14.1. The number of amides is 2. The molecule has 0 bridgehead atoms. The molecular weight excluding hydrogens is 280 g/mol. The zero-order valence-electron chi connectivity index (χ0n) is 11.8. The van der Waals surface area contributed by atoms with Crippen LogP contribution in [0.4, 0.5) is 4.79 Å². The second kappa shape index (κ2) is 7.64. The van der Waals surface area contributed by atoms with Gasteiger partial charge >= 0.3 is 12.0 Å². The molecule has 0 saturated heterocycles. The van der Waals surface area contributed by atoms with Crippen LogP contribution < -0.4 is 10.6 Å². The lowest BCUT2D eigenvalue weighted by Crippen LogP contribution is -2.31. The van der Waals surface area contributed by atoms with E-state index in [-0.39, 0.29) is 11.6 Å². The monoisotopic (exact) mass is 296 g/mol. The zero-order chi connectivity index (χ0) is 15.8. The maximum absolute atomic E-state index is 11.6. The highest BCUT2D eigenvalue weighted by Crippen LogP contribution is 2.04. The summed E-state index contributed by atoms with van der Waals surface area (Å²) in [6.45, 7) is 0.324. The summed E-state index contributed by atoms with van der Waals surface area (Å²) in [6, 6.07) is 15.6. The first kappa shape index (κ1) is 15.3. The van der Waals surface area contributed by atoms with E-state index < -0.39 is 5.97 Å². The van der Waals surface area contributed by atoms with Gasteiger partial charge in [-0.05, 0) is 29.3 Å². The van der Waals surface area contributed by atoms with Crippen molar-refractivity contribution in [1.29, 1.82) is 0 Å². The van der Waals surface area contributed by atoms with Gasteiger partial charge in [0.1, 0.15) is 0 Å². The zero-order valence-corrected chi connectivity index (χ0v) is 11.8. The Morgan fingerprint density at radius 1 is 1.00 bits per heavy atom. The normalized spacial score (nSPS) is 10.4. The van der Waals surface area contributed by atoms with Crippen molar-refractivity contribution in [1.82, 2.24) is 10.6 Å². The molecule has 0 atom stereocenters. The molecule has 3 N–H and O–H groups in total. The van der Waals surface area contributed by atoms with Crippen molar-refractivity contribution in [3.63, 3.8) is 0 Å². The number of rotatable bonds is 5. The number of carboxylic acid groups (broad SMARTS) is 1. The summed E-state index contributed by atoms with van der Waals surface area (Å²) in [5.74, 6) is -0.969. The van der Waals surface area contributed by atoms with Gasteiger partial charge in [0.2, 0.25) is 0 Å². The molecule has 0 spiro atoms. The fourth-order valence-electron chi connectivity index (χ4n) is 1.78. The molecule has 22 heavy (non-hydrogen) atoms. The Morgan fingerprint density at radius 2 is 1.68 bits per heavy atom. The van der Waals surface area contributed by atoms with Gasteiger partial charge in [0.25, 0.3) is 0 Å². The molecular formula is C17H16N2O3. The summed E-state index contributed by atoms with van der Waals surface area (Å²) in [5.41, 5.74) is 2.04. The third kappa shape index (κ3) is 4.79. The number of benzene rings is 2. The second-order valence-corrected chi connectivity index (χ2v) is 4.57. The first-order valence-corrected chi connectivity index (χ1v) is 6.73. The van der Waals surface area contributed by atoms with E-state index in [9.17, 15) is 9.59 Å². The van der Waals surface area contributed by atoms with E-state index in [0.717, 1.165) is 11.1 Å². The molecule has 0 aliphatic carbocycles. The summed E-state index contributed by atoms with van der Waals surface area (Å²) in [7, 11) is 0. The molecule has 2 rings (SSSR count). The number of hydrogen-bond acceptors (Lipinski definition) is 2. The van der Waals surface area contributed by atoms with Crippen LogP contribution in [0.5, 0.6) is 0 Å². The van der Waals surface area contributed by atoms with Gasteiger partial charge in [-0.25, -0.2) is 9.59 Å². The Hall–Kier alpha value is -3.08. The van der Waals surface area contributed by atoms with Crippen LogP contribution in [0.15, 0.2) is 60.8 Å². The molecule has 2 aromatic rings. The van der Waals surface area contributed by atoms with Crippen LogP contribution >= 0.6 is 0 Å². The van der Waals surface area contributed by atoms with Gasteiger partial charge in [-0.3, -0.25) is 0 Å². The lowest BCUT2D eigenvalue weighted by Gasteiger charge is -2.05. The minimum absolute atomic E-state index is 0.221. The van der Waals surface area contributed by atoms with Crippen molar-refractivity contribution in [2.75, 3.05) is 0 Å². The highest BCUT2D eigenvalue weighted by atomic mass is 16.4. The molecule has 0 unspecified atom stereocenters. The maximum atomic E-state index is 11.6. The number of nitrogens with one attached hydrogen (secondary N) is 2. The predicted molar refractivity (Wildman–Crippen MR) is 84.2 cm³/mol. The number of hydrogen-bond donors (Lipinski definition) is 3. The van der Waals surface area contributed by atoms with E-state index in [0.29, 0.717) is 6.54 Å². The van der Waals surface area contributed by atoms with Crippen LogP contribution in [0, 0.1) is 0 Å². The summed E-state index contributed by atoms with van der Waals surface area (Å²) in [6.07, 6.45) is 3.36. The highest BCUT2D eigenvalue weighted by Gasteiger charge is 2.02. The van der Waals surface area contributed by atoms with Crippen molar-refractivity contribution < 1.29 is 14.7 Å². The average Bonchev–Trinajstić information content (AvgIpc) is 2.54. The molecule has 5 nitrogen and oxygen atoms in total. The summed E-state index contributed by atoms with van der Waals surface area (Å²) in [4.78, 5) is 22.3. The molecule has 0 saturated carbocycles. The van der Waals surface area contributed by atoms with Gasteiger partial charge in [-0.1, -0.05) is 42.5 Å². The third-order valence-corrected chi connectivity index (χ3v) is 2.94. The average molecular weight is 296 g/mol. The SMILES string of the molecule is O=C(N/C=C/c1ccccc1)NCc1ccc(C(=O)O)cc1. The number of carboxylic acids is 1. The number of carbonyl (C=O) groups excluding carboxylic acids is 1. The lowest BCUT2D eigenvalue weighted by atomic mass is 10.1. The molecule has 112 valence electrons. The van der Waals surface area contributed by atoms with Crippen LogP contribution in [-0.4, -0.2) is 17.1 Å². The van der Waals surface area contributed by atoms with Crippen LogP contribution in [0.3, 0.4) is 0 Å². The van der Waals surface area contributed by atoms with Crippen LogP contribution in [0.25, 0.3) is 6.08 Å². The van der Waals surface area contributed by atoms with E-state index >= 15 is 0 Å². The third-order valence-electron chi connectivity index (χ3n) is 2.94. The minimum atomic E-state index is -0.969. The van der Waals surface area contributed by atoms with Crippen molar-refractivity contribution in [3.8, 4) is 0 Å². The molecule has 0 radical (unpaired) electrons. The molecule has 0 aliphatic heterocycles. The molecule has 2 aromatic carbocycles. The maximum Gasteiger partial charge on any atom is 0.335 e. The highest BCUT2D eigenvalue weighted by molar-refractivity contribution is 5.87. The predicted octanol–water partition coefficient (Wildman–Crippen LogP) is 2.85. The van der Waals surface area contributed by atoms with Crippen molar-refractivity contribution in [2.24, 2.45) is 0 Å². The molecule has 0 aromatic heterocycles. The molecule has 5 heteroatoms. The minimum Gasteiger partial charge on any atom is -0.478 e. The van der Waals surface area contributed by atoms with Gasteiger partial charge < -0.3 is 15.7 Å². The van der Waals surface area contributed by atoms with Crippen molar-refractivity contribution in [3.05, 3.63) is 77.5 Å². The van der Waals surface area contributed by atoms with Gasteiger partial charge in [-0.15, -0.1) is 0 Å². The van der Waals surface area contributed by atoms with Crippen LogP contribution in [0.2, 0.25) is 0 Å². The van der Waals surface area contributed by atoms with E-state index in [1.807, 2.05) is 30.3 Å². The van der Waals surface area contributed by atoms with E-state index in [1.165, 1.54) is 12.1 Å². The van der Waals surface area contributed by atoms with E-state index in [2.05, 4.69) is 10.6 Å². The lowest BCUT2D eigenvalue weighted by molar-refractivity contribution is 0.0697.